The first kappa shape index (κ1) is 12.7. The Labute approximate surface area is 113 Å². The van der Waals surface area contributed by atoms with Gasteiger partial charge in [-0.15, -0.1) is 0 Å². The molecule has 0 aromatic carbocycles. The Morgan fingerprint density at radius 2 is 2.21 bits per heavy atom. The molecular formula is C14H21N3O2. The van der Waals surface area contributed by atoms with Gasteiger partial charge in [-0.25, -0.2) is 4.68 Å². The number of ether oxygens (including phenoxy) is 1. The van der Waals surface area contributed by atoms with Gasteiger partial charge in [0.2, 0.25) is 5.91 Å². The van der Waals surface area contributed by atoms with Crippen LogP contribution in [0, 0.1) is 0 Å². The van der Waals surface area contributed by atoms with E-state index in [9.17, 15) is 4.79 Å². The molecule has 0 aliphatic carbocycles. The van der Waals surface area contributed by atoms with E-state index in [0.29, 0.717) is 12.3 Å². The Bertz CT molecular complexity index is 475. The number of aromatic nitrogens is 2. The fourth-order valence-electron chi connectivity index (χ4n) is 3.05. The summed E-state index contributed by atoms with van der Waals surface area (Å²) in [6.07, 6.45) is 4.47. The van der Waals surface area contributed by atoms with Crippen LogP contribution in [0.1, 0.15) is 49.8 Å². The van der Waals surface area contributed by atoms with E-state index in [1.807, 2.05) is 4.68 Å². The molecule has 3 rings (SSSR count). The Balaban J connectivity index is 1.96. The van der Waals surface area contributed by atoms with E-state index < -0.39 is 0 Å². The van der Waals surface area contributed by atoms with Crippen LogP contribution in [0.4, 0.5) is 5.82 Å². The van der Waals surface area contributed by atoms with Crippen LogP contribution in [0.5, 0.6) is 0 Å². The van der Waals surface area contributed by atoms with Gasteiger partial charge in [-0.1, -0.05) is 6.92 Å². The molecule has 1 N–H and O–H groups in total. The van der Waals surface area contributed by atoms with Gasteiger partial charge in [0.1, 0.15) is 5.82 Å². The van der Waals surface area contributed by atoms with Gasteiger partial charge in [0, 0.05) is 37.7 Å². The molecule has 1 amide bonds. The van der Waals surface area contributed by atoms with Crippen molar-refractivity contribution < 1.29 is 9.53 Å². The normalized spacial score (nSPS) is 20.8. The summed E-state index contributed by atoms with van der Waals surface area (Å²) in [4.78, 5) is 11.7. The van der Waals surface area contributed by atoms with E-state index in [1.54, 1.807) is 0 Å². The van der Waals surface area contributed by atoms with Crippen LogP contribution in [0.25, 0.3) is 0 Å². The first-order valence-corrected chi connectivity index (χ1v) is 7.26. The van der Waals surface area contributed by atoms with Gasteiger partial charge in [0.15, 0.2) is 0 Å². The number of amides is 1. The van der Waals surface area contributed by atoms with E-state index >= 15 is 0 Å². The molecule has 1 aromatic rings. The van der Waals surface area contributed by atoms with Gasteiger partial charge in [-0.2, -0.15) is 5.10 Å². The zero-order valence-electron chi connectivity index (χ0n) is 11.4. The van der Waals surface area contributed by atoms with Crippen LogP contribution >= 0.6 is 0 Å². The Morgan fingerprint density at radius 1 is 1.42 bits per heavy atom. The predicted octanol–water partition coefficient (Wildman–Crippen LogP) is 2.07. The topological polar surface area (TPSA) is 56.1 Å². The Kier molecular flexibility index (Phi) is 3.55. The lowest BCUT2D eigenvalue weighted by atomic mass is 9.93. The first-order chi connectivity index (χ1) is 9.29. The van der Waals surface area contributed by atoms with Crippen LogP contribution in [-0.4, -0.2) is 28.9 Å². The second kappa shape index (κ2) is 5.33. The molecule has 0 radical (unpaired) electrons. The SMILES string of the molecule is CCc1c(C2CCOCC2)nn2c1NC(=O)CCC2. The standard InChI is InChI=1S/C14H21N3O2/c1-2-11-13(10-5-8-19-9-6-10)16-17-7-3-4-12(18)15-14(11)17/h10H,2-9H2,1H3,(H,15,18). The highest BCUT2D eigenvalue weighted by Gasteiger charge is 2.27. The Hall–Kier alpha value is -1.36. The molecule has 1 fully saturated rings. The number of nitrogens with zero attached hydrogens (tertiary/aromatic N) is 2. The lowest BCUT2D eigenvalue weighted by molar-refractivity contribution is -0.116. The molecule has 1 aromatic heterocycles. The van der Waals surface area contributed by atoms with Crippen molar-refractivity contribution in [3.05, 3.63) is 11.3 Å². The predicted molar refractivity (Wildman–Crippen MR) is 72.3 cm³/mol. The van der Waals surface area contributed by atoms with Crippen LogP contribution in [0.3, 0.4) is 0 Å². The number of rotatable bonds is 2. The van der Waals surface area contributed by atoms with Crippen molar-refractivity contribution >= 4 is 11.7 Å². The first-order valence-electron chi connectivity index (χ1n) is 7.26. The number of nitrogens with one attached hydrogen (secondary N) is 1. The molecule has 3 heterocycles. The third kappa shape index (κ3) is 2.39. The molecule has 5 nitrogen and oxygen atoms in total. The highest BCUT2D eigenvalue weighted by Crippen LogP contribution is 2.33. The largest absolute Gasteiger partial charge is 0.381 e. The minimum atomic E-state index is 0.117. The van der Waals surface area contributed by atoms with E-state index in [1.165, 1.54) is 11.3 Å². The van der Waals surface area contributed by atoms with E-state index in [2.05, 4.69) is 12.2 Å². The van der Waals surface area contributed by atoms with Gasteiger partial charge in [0.05, 0.1) is 5.69 Å². The number of hydrogen-bond acceptors (Lipinski definition) is 3. The molecule has 0 saturated carbocycles. The molecule has 0 spiro atoms. The average molecular weight is 263 g/mol. The van der Waals surface area contributed by atoms with Gasteiger partial charge < -0.3 is 10.1 Å². The lowest BCUT2D eigenvalue weighted by Crippen LogP contribution is -2.16. The van der Waals surface area contributed by atoms with Crippen molar-refractivity contribution in [2.45, 2.75) is 51.5 Å². The summed E-state index contributed by atoms with van der Waals surface area (Å²) in [5.74, 6) is 1.54. The van der Waals surface area contributed by atoms with E-state index in [-0.39, 0.29) is 5.91 Å². The third-order valence-electron chi connectivity index (χ3n) is 4.07. The molecule has 19 heavy (non-hydrogen) atoms. The van der Waals surface area contributed by atoms with Crippen LogP contribution < -0.4 is 5.32 Å². The van der Waals surface area contributed by atoms with Crippen molar-refractivity contribution in [3.63, 3.8) is 0 Å². The molecule has 104 valence electrons. The number of fused-ring (bicyclic) bond motifs is 1. The molecular weight excluding hydrogens is 242 g/mol. The molecule has 0 bridgehead atoms. The smallest absolute Gasteiger partial charge is 0.225 e. The maximum Gasteiger partial charge on any atom is 0.225 e. The van der Waals surface area contributed by atoms with Gasteiger partial charge >= 0.3 is 0 Å². The highest BCUT2D eigenvalue weighted by atomic mass is 16.5. The summed E-state index contributed by atoms with van der Waals surface area (Å²) in [5.41, 5.74) is 2.41. The number of hydrogen-bond donors (Lipinski definition) is 1. The maximum atomic E-state index is 11.7. The van der Waals surface area contributed by atoms with Crippen molar-refractivity contribution in [1.82, 2.24) is 9.78 Å². The third-order valence-corrected chi connectivity index (χ3v) is 4.07. The van der Waals surface area contributed by atoms with Gasteiger partial charge in [-0.3, -0.25) is 4.79 Å². The highest BCUT2D eigenvalue weighted by molar-refractivity contribution is 5.91. The molecule has 5 heteroatoms. The summed E-state index contributed by atoms with van der Waals surface area (Å²) < 4.78 is 7.42. The maximum absolute atomic E-state index is 11.7. The van der Waals surface area contributed by atoms with Crippen molar-refractivity contribution in [1.29, 1.82) is 0 Å². The average Bonchev–Trinajstić information content (AvgIpc) is 2.67. The van der Waals surface area contributed by atoms with Gasteiger partial charge in [-0.05, 0) is 25.7 Å². The number of aryl methyl sites for hydroxylation is 1. The van der Waals surface area contributed by atoms with Gasteiger partial charge in [0.25, 0.3) is 0 Å². The minimum absolute atomic E-state index is 0.117. The minimum Gasteiger partial charge on any atom is -0.381 e. The monoisotopic (exact) mass is 263 g/mol. The summed E-state index contributed by atoms with van der Waals surface area (Å²) in [7, 11) is 0. The fourth-order valence-corrected chi connectivity index (χ4v) is 3.05. The number of carbonyl (C=O) groups excluding carboxylic acids is 1. The van der Waals surface area contributed by atoms with Crippen molar-refractivity contribution in [2.75, 3.05) is 18.5 Å². The van der Waals surface area contributed by atoms with E-state index in [4.69, 9.17) is 9.84 Å². The van der Waals surface area contributed by atoms with Crippen LogP contribution in [0.15, 0.2) is 0 Å². The second-order valence-corrected chi connectivity index (χ2v) is 5.33. The molecule has 0 atom stereocenters. The Morgan fingerprint density at radius 3 is 2.95 bits per heavy atom. The summed E-state index contributed by atoms with van der Waals surface area (Å²) in [6, 6.07) is 0. The number of anilines is 1. The summed E-state index contributed by atoms with van der Waals surface area (Å²) >= 11 is 0. The van der Waals surface area contributed by atoms with E-state index in [0.717, 1.165) is 51.3 Å². The quantitative estimate of drug-likeness (QED) is 0.888. The zero-order valence-corrected chi connectivity index (χ0v) is 11.4. The van der Waals surface area contributed by atoms with Crippen LogP contribution in [-0.2, 0) is 22.5 Å². The summed E-state index contributed by atoms with van der Waals surface area (Å²) in [6.45, 7) is 4.62. The molecule has 2 aliphatic heterocycles. The lowest BCUT2D eigenvalue weighted by Gasteiger charge is -2.21. The summed E-state index contributed by atoms with van der Waals surface area (Å²) in [5, 5.41) is 7.82. The molecule has 0 unspecified atom stereocenters. The number of carbonyl (C=O) groups is 1. The van der Waals surface area contributed by atoms with Crippen molar-refractivity contribution in [2.24, 2.45) is 0 Å². The molecule has 1 saturated heterocycles. The zero-order chi connectivity index (χ0) is 13.2. The molecule has 2 aliphatic rings. The fraction of sp³-hybridized carbons (Fsp3) is 0.714. The van der Waals surface area contributed by atoms with Crippen LogP contribution in [0.2, 0.25) is 0 Å². The van der Waals surface area contributed by atoms with Crippen molar-refractivity contribution in [3.8, 4) is 0 Å². The second-order valence-electron chi connectivity index (χ2n) is 5.33.